The molecule has 26 heavy (non-hydrogen) atoms. The third-order valence-electron chi connectivity index (χ3n) is 3.63. The van der Waals surface area contributed by atoms with Crippen LogP contribution >= 0.6 is 0 Å². The number of rotatable bonds is 6. The van der Waals surface area contributed by atoms with Gasteiger partial charge in [-0.05, 0) is 50.2 Å². The van der Waals surface area contributed by atoms with E-state index in [2.05, 4.69) is 5.32 Å². The van der Waals surface area contributed by atoms with Gasteiger partial charge in [-0.2, -0.15) is 0 Å². The largest absolute Gasteiger partial charge is 0.449 e. The van der Waals surface area contributed by atoms with Crippen LogP contribution in [0.1, 0.15) is 34.6 Å². The van der Waals surface area contributed by atoms with Crippen LogP contribution in [0.25, 0.3) is 0 Å². The van der Waals surface area contributed by atoms with E-state index in [4.69, 9.17) is 4.74 Å². The molecule has 0 bridgehead atoms. The van der Waals surface area contributed by atoms with Crippen molar-refractivity contribution in [2.45, 2.75) is 24.8 Å². The Morgan fingerprint density at radius 3 is 2.23 bits per heavy atom. The minimum absolute atomic E-state index is 0.0721. The number of carbonyl (C=O) groups excluding carboxylic acids is 3. The smallest absolute Gasteiger partial charge is 0.340 e. The van der Waals surface area contributed by atoms with Crippen LogP contribution < -0.4 is 5.32 Å². The molecule has 0 aliphatic rings. The van der Waals surface area contributed by atoms with Gasteiger partial charge in [0.05, 0.1) is 21.3 Å². The standard InChI is InChI=1S/C19H19NO5S/c1-12(21)14-8-10-15(11-9-14)20-18(22)13(2)25-19(23)16-6-4-5-7-17(16)26(3)24/h4-11,13H,1-3H3,(H,20,22)/t13-,26-/m1/s1. The molecule has 0 spiro atoms. The lowest BCUT2D eigenvalue weighted by Gasteiger charge is -2.14. The van der Waals surface area contributed by atoms with Gasteiger partial charge in [-0.15, -0.1) is 0 Å². The number of benzene rings is 2. The number of hydrogen-bond donors (Lipinski definition) is 1. The molecule has 2 aromatic rings. The lowest BCUT2D eigenvalue weighted by Crippen LogP contribution is -2.30. The molecule has 6 nitrogen and oxygen atoms in total. The van der Waals surface area contributed by atoms with Crippen LogP contribution in [0.15, 0.2) is 53.4 Å². The zero-order chi connectivity index (χ0) is 19.3. The summed E-state index contributed by atoms with van der Waals surface area (Å²) >= 11 is 0. The van der Waals surface area contributed by atoms with Crippen molar-refractivity contribution < 1.29 is 23.3 Å². The van der Waals surface area contributed by atoms with Gasteiger partial charge in [-0.3, -0.25) is 13.8 Å². The Hall–Kier alpha value is -2.80. The number of carbonyl (C=O) groups is 3. The van der Waals surface area contributed by atoms with Gasteiger partial charge in [-0.1, -0.05) is 12.1 Å². The van der Waals surface area contributed by atoms with E-state index in [0.717, 1.165) is 0 Å². The van der Waals surface area contributed by atoms with E-state index in [1.54, 1.807) is 42.5 Å². The van der Waals surface area contributed by atoms with Crippen LogP contribution in [0.2, 0.25) is 0 Å². The zero-order valence-corrected chi connectivity index (χ0v) is 15.5. The molecule has 1 amide bonds. The van der Waals surface area contributed by atoms with E-state index >= 15 is 0 Å². The molecule has 0 aliphatic heterocycles. The summed E-state index contributed by atoms with van der Waals surface area (Å²) in [5.74, 6) is -1.30. The molecule has 2 aromatic carbocycles. The molecule has 0 fully saturated rings. The minimum atomic E-state index is -1.35. The molecule has 0 heterocycles. The fraction of sp³-hybridized carbons (Fsp3) is 0.211. The molecule has 0 saturated heterocycles. The number of amides is 1. The van der Waals surface area contributed by atoms with Gasteiger partial charge in [0.15, 0.2) is 11.9 Å². The second-order valence-electron chi connectivity index (χ2n) is 5.62. The van der Waals surface area contributed by atoms with Crippen molar-refractivity contribution in [3.05, 3.63) is 59.7 Å². The first-order chi connectivity index (χ1) is 12.3. The van der Waals surface area contributed by atoms with Crippen molar-refractivity contribution in [2.75, 3.05) is 11.6 Å². The first kappa shape index (κ1) is 19.5. The van der Waals surface area contributed by atoms with Gasteiger partial charge in [0, 0.05) is 17.5 Å². The summed E-state index contributed by atoms with van der Waals surface area (Å²) in [4.78, 5) is 36.1. The second kappa shape index (κ2) is 8.53. The van der Waals surface area contributed by atoms with E-state index in [-0.39, 0.29) is 11.3 Å². The second-order valence-corrected chi connectivity index (χ2v) is 6.97. The highest BCUT2D eigenvalue weighted by Gasteiger charge is 2.21. The minimum Gasteiger partial charge on any atom is -0.449 e. The van der Waals surface area contributed by atoms with E-state index in [0.29, 0.717) is 16.1 Å². The molecule has 1 N–H and O–H groups in total. The molecule has 2 rings (SSSR count). The maximum atomic E-state index is 12.3. The summed E-state index contributed by atoms with van der Waals surface area (Å²) in [6, 6.07) is 12.8. The number of nitrogens with one attached hydrogen (secondary N) is 1. The molecule has 0 aliphatic carbocycles. The first-order valence-corrected chi connectivity index (χ1v) is 9.40. The molecular formula is C19H19NO5S. The van der Waals surface area contributed by atoms with Gasteiger partial charge in [0.2, 0.25) is 0 Å². The molecule has 2 atom stereocenters. The van der Waals surface area contributed by atoms with Gasteiger partial charge >= 0.3 is 5.97 Å². The van der Waals surface area contributed by atoms with Crippen LogP contribution in [0.5, 0.6) is 0 Å². The van der Waals surface area contributed by atoms with Gasteiger partial charge in [0.1, 0.15) is 0 Å². The highest BCUT2D eigenvalue weighted by Crippen LogP contribution is 2.16. The number of hydrogen-bond acceptors (Lipinski definition) is 5. The Labute approximate surface area is 154 Å². The van der Waals surface area contributed by atoms with Crippen LogP contribution in [0.4, 0.5) is 5.69 Å². The third-order valence-corrected chi connectivity index (χ3v) is 4.60. The number of ether oxygens (including phenoxy) is 1. The van der Waals surface area contributed by atoms with Crippen LogP contribution in [0, 0.1) is 0 Å². The summed E-state index contributed by atoms with van der Waals surface area (Å²) < 4.78 is 16.9. The summed E-state index contributed by atoms with van der Waals surface area (Å²) in [7, 11) is -1.35. The molecule has 136 valence electrons. The van der Waals surface area contributed by atoms with Crippen LogP contribution in [-0.2, 0) is 20.3 Å². The summed E-state index contributed by atoms with van der Waals surface area (Å²) in [6.07, 6.45) is 0.417. The normalized spacial score (nSPS) is 12.7. The quantitative estimate of drug-likeness (QED) is 0.621. The van der Waals surface area contributed by atoms with E-state index < -0.39 is 28.8 Å². The third kappa shape index (κ3) is 4.86. The van der Waals surface area contributed by atoms with Gasteiger partial charge in [-0.25, -0.2) is 4.79 Å². The number of ketones is 1. The molecule has 0 aromatic heterocycles. The number of anilines is 1. The van der Waals surface area contributed by atoms with Crippen molar-refractivity contribution in [1.82, 2.24) is 0 Å². The molecular weight excluding hydrogens is 354 g/mol. The summed E-state index contributed by atoms with van der Waals surface area (Å²) in [5.41, 5.74) is 1.18. The Morgan fingerprint density at radius 2 is 1.65 bits per heavy atom. The monoisotopic (exact) mass is 373 g/mol. The number of esters is 1. The van der Waals surface area contributed by atoms with Crippen molar-refractivity contribution in [1.29, 1.82) is 0 Å². The zero-order valence-electron chi connectivity index (χ0n) is 14.6. The predicted molar refractivity (Wildman–Crippen MR) is 98.7 cm³/mol. The van der Waals surface area contributed by atoms with Gasteiger partial charge < -0.3 is 10.1 Å². The maximum absolute atomic E-state index is 12.3. The fourth-order valence-corrected chi connectivity index (χ4v) is 2.93. The van der Waals surface area contributed by atoms with E-state index in [1.165, 1.54) is 26.2 Å². The SMILES string of the molecule is CC(=O)c1ccc(NC(=O)[C@@H](C)OC(=O)c2ccccc2[S@@](C)=O)cc1. The number of Topliss-reactive ketones (excluding diaryl/α,β-unsaturated/α-hetero) is 1. The Balaban J connectivity index is 2.04. The van der Waals surface area contributed by atoms with Crippen molar-refractivity contribution in [3.63, 3.8) is 0 Å². The molecule has 0 saturated carbocycles. The average Bonchev–Trinajstić information content (AvgIpc) is 2.61. The van der Waals surface area contributed by atoms with E-state index in [9.17, 15) is 18.6 Å². The van der Waals surface area contributed by atoms with Gasteiger partial charge in [0.25, 0.3) is 5.91 Å². The van der Waals surface area contributed by atoms with Crippen molar-refractivity contribution in [2.24, 2.45) is 0 Å². The average molecular weight is 373 g/mol. The fourth-order valence-electron chi connectivity index (χ4n) is 2.20. The highest BCUT2D eigenvalue weighted by molar-refractivity contribution is 7.84. The summed E-state index contributed by atoms with van der Waals surface area (Å²) in [5, 5.41) is 2.61. The van der Waals surface area contributed by atoms with Crippen molar-refractivity contribution >= 4 is 34.1 Å². The molecule has 0 unspecified atom stereocenters. The Kier molecular flexibility index (Phi) is 6.41. The van der Waals surface area contributed by atoms with E-state index in [1.807, 2.05) is 0 Å². The molecule has 0 radical (unpaired) electrons. The maximum Gasteiger partial charge on any atom is 0.340 e. The van der Waals surface area contributed by atoms with Crippen LogP contribution in [0.3, 0.4) is 0 Å². The lowest BCUT2D eigenvalue weighted by molar-refractivity contribution is -0.123. The Bertz CT molecular complexity index is 860. The predicted octanol–water partition coefficient (Wildman–Crippen LogP) is 2.81. The Morgan fingerprint density at radius 1 is 1.04 bits per heavy atom. The highest BCUT2D eigenvalue weighted by atomic mass is 32.2. The summed E-state index contributed by atoms with van der Waals surface area (Å²) in [6.45, 7) is 2.90. The lowest BCUT2D eigenvalue weighted by atomic mass is 10.1. The van der Waals surface area contributed by atoms with Crippen molar-refractivity contribution in [3.8, 4) is 0 Å². The first-order valence-electron chi connectivity index (χ1n) is 7.85. The molecule has 7 heteroatoms. The van der Waals surface area contributed by atoms with Crippen LogP contribution in [-0.4, -0.2) is 34.2 Å². The topological polar surface area (TPSA) is 89.5 Å².